The van der Waals surface area contributed by atoms with Crippen molar-refractivity contribution in [3.63, 3.8) is 0 Å². The summed E-state index contributed by atoms with van der Waals surface area (Å²) in [4.78, 5) is 32.3. The summed E-state index contributed by atoms with van der Waals surface area (Å²) in [6.45, 7) is 5.49. The van der Waals surface area contributed by atoms with Gasteiger partial charge in [0.25, 0.3) is 5.91 Å². The Morgan fingerprint density at radius 3 is 2.59 bits per heavy atom. The van der Waals surface area contributed by atoms with Gasteiger partial charge in [-0.2, -0.15) is 0 Å². The number of benzene rings is 1. The number of carbonyl (C=O) groups is 1. The van der Waals surface area contributed by atoms with Gasteiger partial charge in [0, 0.05) is 45.1 Å². The minimum atomic E-state index is -0.00610. The molecule has 1 aliphatic heterocycles. The van der Waals surface area contributed by atoms with Crippen LogP contribution in [0.15, 0.2) is 54.9 Å². The lowest BCUT2D eigenvalue weighted by molar-refractivity contribution is 0.0955. The first-order chi connectivity index (χ1) is 15.8. The Hall–Kier alpha value is -2.88. The maximum atomic E-state index is 12.6. The lowest BCUT2D eigenvalue weighted by Gasteiger charge is -2.34. The number of aromatic nitrogens is 3. The van der Waals surface area contributed by atoms with Crippen molar-refractivity contribution < 1.29 is 4.79 Å². The van der Waals surface area contributed by atoms with Crippen molar-refractivity contribution in [3.8, 4) is 9.88 Å². The largest absolute Gasteiger partial charge is 0.351 e. The van der Waals surface area contributed by atoms with Crippen molar-refractivity contribution >= 4 is 44.7 Å². The normalized spacial score (nSPS) is 14.7. The van der Waals surface area contributed by atoms with E-state index < -0.39 is 0 Å². The van der Waals surface area contributed by atoms with Gasteiger partial charge < -0.3 is 10.2 Å². The molecule has 1 saturated heterocycles. The molecule has 4 aromatic rings. The van der Waals surface area contributed by atoms with Crippen LogP contribution >= 0.6 is 22.7 Å². The Morgan fingerprint density at radius 2 is 1.78 bits per heavy atom. The van der Waals surface area contributed by atoms with Gasteiger partial charge in [-0.05, 0) is 43.3 Å². The van der Waals surface area contributed by atoms with E-state index >= 15 is 0 Å². The van der Waals surface area contributed by atoms with E-state index in [4.69, 9.17) is 0 Å². The number of rotatable bonds is 7. The lowest BCUT2D eigenvalue weighted by atomic mass is 10.3. The molecule has 4 heterocycles. The van der Waals surface area contributed by atoms with Crippen LogP contribution in [0.25, 0.3) is 20.1 Å². The Kier molecular flexibility index (Phi) is 6.38. The molecule has 164 valence electrons. The van der Waals surface area contributed by atoms with E-state index in [1.807, 2.05) is 36.4 Å². The maximum Gasteiger partial charge on any atom is 0.261 e. The van der Waals surface area contributed by atoms with Gasteiger partial charge in [0.05, 0.1) is 20.0 Å². The molecule has 1 aliphatic rings. The first-order valence-electron chi connectivity index (χ1n) is 10.7. The van der Waals surface area contributed by atoms with E-state index in [-0.39, 0.29) is 5.91 Å². The third-order valence-corrected chi connectivity index (χ3v) is 7.77. The molecule has 0 spiro atoms. The van der Waals surface area contributed by atoms with Crippen LogP contribution in [0.4, 0.5) is 5.95 Å². The van der Waals surface area contributed by atoms with E-state index in [1.54, 1.807) is 23.7 Å². The van der Waals surface area contributed by atoms with Crippen molar-refractivity contribution in [2.75, 3.05) is 44.2 Å². The van der Waals surface area contributed by atoms with Gasteiger partial charge >= 0.3 is 0 Å². The number of thiazole rings is 1. The summed E-state index contributed by atoms with van der Waals surface area (Å²) in [5.41, 5.74) is 1.00. The number of amides is 1. The van der Waals surface area contributed by atoms with Crippen molar-refractivity contribution in [1.82, 2.24) is 25.2 Å². The molecule has 1 aromatic carbocycles. The van der Waals surface area contributed by atoms with Crippen LogP contribution in [0.3, 0.4) is 0 Å². The van der Waals surface area contributed by atoms with Gasteiger partial charge in [-0.1, -0.05) is 12.1 Å². The number of anilines is 1. The second-order valence-corrected chi connectivity index (χ2v) is 9.75. The number of nitrogens with zero attached hydrogens (tertiary/aromatic N) is 5. The van der Waals surface area contributed by atoms with Gasteiger partial charge in [-0.3, -0.25) is 9.69 Å². The molecule has 0 unspecified atom stereocenters. The van der Waals surface area contributed by atoms with Crippen LogP contribution in [0.1, 0.15) is 16.1 Å². The molecule has 0 saturated carbocycles. The van der Waals surface area contributed by atoms with Crippen molar-refractivity contribution in [3.05, 3.63) is 59.7 Å². The fourth-order valence-corrected chi connectivity index (χ4v) is 5.71. The molecule has 1 N–H and O–H groups in total. The van der Waals surface area contributed by atoms with Crippen molar-refractivity contribution in [1.29, 1.82) is 0 Å². The summed E-state index contributed by atoms with van der Waals surface area (Å²) in [7, 11) is 0. The molecule has 0 atom stereocenters. The van der Waals surface area contributed by atoms with Gasteiger partial charge in [-0.25, -0.2) is 15.0 Å². The summed E-state index contributed by atoms with van der Waals surface area (Å²) in [5, 5.41) is 4.03. The summed E-state index contributed by atoms with van der Waals surface area (Å²) in [6, 6.07) is 13.8. The number of nitrogens with one attached hydrogen (secondary N) is 1. The highest BCUT2D eigenvalue weighted by atomic mass is 32.1. The third-order valence-electron chi connectivity index (χ3n) is 5.48. The fourth-order valence-electron chi connectivity index (χ4n) is 3.77. The van der Waals surface area contributed by atoms with E-state index in [9.17, 15) is 4.79 Å². The van der Waals surface area contributed by atoms with Gasteiger partial charge in [-0.15, -0.1) is 22.7 Å². The highest BCUT2D eigenvalue weighted by Gasteiger charge is 2.18. The minimum absolute atomic E-state index is 0.00610. The molecule has 9 heteroatoms. The topological polar surface area (TPSA) is 74.2 Å². The first kappa shape index (κ1) is 21.0. The Bertz CT molecular complexity index is 1150. The van der Waals surface area contributed by atoms with E-state index in [2.05, 4.69) is 36.1 Å². The van der Waals surface area contributed by atoms with Crippen molar-refractivity contribution in [2.45, 2.75) is 6.42 Å². The van der Waals surface area contributed by atoms with Crippen LogP contribution < -0.4 is 10.2 Å². The number of hydrogen-bond donors (Lipinski definition) is 1. The summed E-state index contributed by atoms with van der Waals surface area (Å²) >= 11 is 3.16. The van der Waals surface area contributed by atoms with Crippen LogP contribution in [0.5, 0.6) is 0 Å². The summed E-state index contributed by atoms with van der Waals surface area (Å²) in [5.74, 6) is 0.800. The molecular formula is C23H24N6OS2. The average Bonchev–Trinajstić information content (AvgIpc) is 3.50. The van der Waals surface area contributed by atoms with E-state index in [0.717, 1.165) is 65.4 Å². The van der Waals surface area contributed by atoms with Crippen LogP contribution in [0, 0.1) is 0 Å². The molecule has 0 bridgehead atoms. The van der Waals surface area contributed by atoms with Gasteiger partial charge in [0.2, 0.25) is 5.95 Å². The van der Waals surface area contributed by atoms with Crippen LogP contribution in [-0.4, -0.2) is 65.0 Å². The van der Waals surface area contributed by atoms with E-state index in [1.165, 1.54) is 16.0 Å². The summed E-state index contributed by atoms with van der Waals surface area (Å²) < 4.78 is 1.17. The minimum Gasteiger partial charge on any atom is -0.351 e. The molecule has 32 heavy (non-hydrogen) atoms. The molecule has 3 aromatic heterocycles. The van der Waals surface area contributed by atoms with Crippen LogP contribution in [-0.2, 0) is 0 Å². The SMILES string of the molecule is O=C(NCCCN1CCN(c2ncccn2)CC1)c1ccc(-c2nc3ccccc3s2)s1. The average molecular weight is 465 g/mol. The maximum absolute atomic E-state index is 12.6. The Labute approximate surface area is 194 Å². The predicted octanol–water partition coefficient (Wildman–Crippen LogP) is 3.76. The predicted molar refractivity (Wildman–Crippen MR) is 131 cm³/mol. The quantitative estimate of drug-likeness (QED) is 0.420. The standard InChI is InChI=1S/C23H24N6OS2/c30-21(19-7-8-20(31-19)22-27-17-5-1-2-6-18(17)32-22)24-11-4-12-28-13-15-29(16-14-28)23-25-9-3-10-26-23/h1-3,5-10H,4,11-16H2,(H,24,30). The Balaban J connectivity index is 1.06. The molecule has 1 amide bonds. The van der Waals surface area contributed by atoms with Gasteiger partial charge in [0.1, 0.15) is 5.01 Å². The van der Waals surface area contributed by atoms with E-state index in [0.29, 0.717) is 6.54 Å². The van der Waals surface area contributed by atoms with Crippen LogP contribution in [0.2, 0.25) is 0 Å². The second-order valence-electron chi connectivity index (χ2n) is 7.64. The molecule has 5 rings (SSSR count). The third kappa shape index (κ3) is 4.79. The number of para-hydroxylation sites is 1. The number of piperazine rings is 1. The number of thiophene rings is 1. The Morgan fingerprint density at radius 1 is 0.969 bits per heavy atom. The smallest absolute Gasteiger partial charge is 0.261 e. The lowest BCUT2D eigenvalue weighted by Crippen LogP contribution is -2.47. The molecular weight excluding hydrogens is 440 g/mol. The summed E-state index contributed by atoms with van der Waals surface area (Å²) in [6.07, 6.45) is 4.50. The number of fused-ring (bicyclic) bond motifs is 1. The van der Waals surface area contributed by atoms with Crippen molar-refractivity contribution in [2.24, 2.45) is 0 Å². The monoisotopic (exact) mass is 464 g/mol. The highest BCUT2D eigenvalue weighted by Crippen LogP contribution is 2.34. The zero-order valence-corrected chi connectivity index (χ0v) is 19.2. The highest BCUT2D eigenvalue weighted by molar-refractivity contribution is 7.26. The molecule has 0 radical (unpaired) electrons. The zero-order chi connectivity index (χ0) is 21.8. The molecule has 0 aliphatic carbocycles. The number of hydrogen-bond acceptors (Lipinski definition) is 8. The molecule has 7 nitrogen and oxygen atoms in total. The number of carbonyl (C=O) groups excluding carboxylic acids is 1. The van der Waals surface area contributed by atoms with Gasteiger partial charge in [0.15, 0.2) is 0 Å². The molecule has 1 fully saturated rings. The second kappa shape index (κ2) is 9.72. The zero-order valence-electron chi connectivity index (χ0n) is 17.6. The fraction of sp³-hybridized carbons (Fsp3) is 0.304. The first-order valence-corrected chi connectivity index (χ1v) is 12.4.